The van der Waals surface area contributed by atoms with Gasteiger partial charge in [-0.2, -0.15) is 9.97 Å². The summed E-state index contributed by atoms with van der Waals surface area (Å²) in [4.78, 5) is 30.1. The average molecular weight is 495 g/mol. The van der Waals surface area contributed by atoms with Crippen molar-refractivity contribution in [3.63, 3.8) is 0 Å². The zero-order valence-corrected chi connectivity index (χ0v) is 19.2. The van der Waals surface area contributed by atoms with Gasteiger partial charge in [-0.05, 0) is 32.2 Å². The average Bonchev–Trinajstić information content (AvgIpc) is 3.42. The highest BCUT2D eigenvalue weighted by Gasteiger charge is 2.49. The Morgan fingerprint density at radius 3 is 2.76 bits per heavy atom. The Morgan fingerprint density at radius 2 is 2.03 bits per heavy atom. The number of rotatable bonds is 4. The van der Waals surface area contributed by atoms with Crippen LogP contribution in [-0.2, 0) is 0 Å². The Hall–Kier alpha value is -2.53. The molecule has 0 aliphatic carbocycles. The van der Waals surface area contributed by atoms with E-state index in [9.17, 15) is 18.7 Å². The van der Waals surface area contributed by atoms with Crippen LogP contribution in [0.5, 0.6) is 6.01 Å². The van der Waals surface area contributed by atoms with Crippen LogP contribution in [0.3, 0.4) is 0 Å². The van der Waals surface area contributed by atoms with Crippen LogP contribution in [0.1, 0.15) is 32.1 Å². The molecule has 4 aliphatic rings. The molecule has 4 aliphatic heterocycles. The minimum absolute atomic E-state index is 0.000195. The molecule has 0 aromatic carbocycles. The van der Waals surface area contributed by atoms with Crippen LogP contribution >= 0.6 is 11.6 Å². The molecule has 12 heteroatoms. The number of halogens is 3. The Bertz CT molecular complexity index is 1140. The van der Waals surface area contributed by atoms with Crippen LogP contribution in [0.4, 0.5) is 19.4 Å². The number of amides is 1. The fraction of sp³-hybridized carbons (Fsp3) is 0.636. The molecule has 9 nitrogen and oxygen atoms in total. The van der Waals surface area contributed by atoms with Crippen LogP contribution < -0.4 is 9.64 Å². The highest BCUT2D eigenvalue weighted by Crippen LogP contribution is 2.41. The van der Waals surface area contributed by atoms with E-state index >= 15 is 0 Å². The third-order valence-electron chi connectivity index (χ3n) is 7.83. The minimum atomic E-state index is -0.925. The van der Waals surface area contributed by atoms with E-state index in [0.29, 0.717) is 37.3 Å². The molecule has 4 saturated heterocycles. The van der Waals surface area contributed by atoms with Gasteiger partial charge in [0.15, 0.2) is 11.0 Å². The van der Waals surface area contributed by atoms with Gasteiger partial charge in [0.1, 0.15) is 24.1 Å². The summed E-state index contributed by atoms with van der Waals surface area (Å²) < 4.78 is 35.1. The first-order chi connectivity index (χ1) is 16.3. The minimum Gasteiger partial charge on any atom is -0.465 e. The maximum absolute atomic E-state index is 15.0. The molecule has 0 spiro atoms. The molecule has 182 valence electrons. The zero-order chi connectivity index (χ0) is 23.6. The maximum Gasteiger partial charge on any atom is 0.407 e. The number of aromatic nitrogens is 3. The lowest BCUT2D eigenvalue weighted by molar-refractivity contribution is 0.107. The molecule has 6 heterocycles. The van der Waals surface area contributed by atoms with Crippen molar-refractivity contribution < 1.29 is 23.4 Å². The maximum atomic E-state index is 15.0. The SMILES string of the molecule is O=C(O)N1[C@@H]2CC[C@H]1CN(c1nc(OC[C@@]34CCCN3C[C@H](F)C4)nc3c(F)c(Cl)ncc13)C2. The van der Waals surface area contributed by atoms with E-state index < -0.39 is 23.6 Å². The molecule has 1 N–H and O–H groups in total. The molecule has 2 aromatic heterocycles. The smallest absolute Gasteiger partial charge is 0.407 e. The van der Waals surface area contributed by atoms with Gasteiger partial charge in [-0.25, -0.2) is 18.6 Å². The number of carboxylic acid groups (broad SMARTS) is 1. The lowest BCUT2D eigenvalue weighted by Crippen LogP contribution is -2.55. The first-order valence-electron chi connectivity index (χ1n) is 11.6. The van der Waals surface area contributed by atoms with E-state index in [1.807, 2.05) is 4.90 Å². The van der Waals surface area contributed by atoms with Gasteiger partial charge in [0, 0.05) is 32.3 Å². The zero-order valence-electron chi connectivity index (χ0n) is 18.5. The summed E-state index contributed by atoms with van der Waals surface area (Å²) in [5.41, 5.74) is -0.387. The van der Waals surface area contributed by atoms with E-state index in [-0.39, 0.29) is 35.4 Å². The summed E-state index contributed by atoms with van der Waals surface area (Å²) >= 11 is 5.94. The van der Waals surface area contributed by atoms with E-state index in [2.05, 4.69) is 19.9 Å². The van der Waals surface area contributed by atoms with Crippen molar-refractivity contribution in [2.45, 2.75) is 55.9 Å². The van der Waals surface area contributed by atoms with Crippen molar-refractivity contribution in [3.05, 3.63) is 17.2 Å². The standard InChI is InChI=1S/C22H25ClF2N6O3/c23-18-16(25)17-15(7-26-18)19(29-9-13-2-3-14(10-29)31(13)21(32)33)28-20(27-17)34-11-22-4-1-5-30(22)8-12(24)6-22/h7,12-14H,1-6,8-11H2,(H,32,33)/t12-,13-,14+,22+/m1/s1. The number of piperazine rings is 1. The Balaban J connectivity index is 1.34. The molecule has 2 bridgehead atoms. The number of fused-ring (bicyclic) bond motifs is 4. The van der Waals surface area contributed by atoms with Crippen LogP contribution in [0, 0.1) is 5.82 Å². The fourth-order valence-electron chi connectivity index (χ4n) is 6.34. The Labute approximate surface area is 199 Å². The molecule has 6 rings (SSSR count). The number of anilines is 1. The van der Waals surface area contributed by atoms with Crippen LogP contribution in [0.2, 0.25) is 5.15 Å². The summed E-state index contributed by atoms with van der Waals surface area (Å²) in [6.07, 6.45) is 3.37. The summed E-state index contributed by atoms with van der Waals surface area (Å²) in [5, 5.41) is 9.68. The quantitative estimate of drug-likeness (QED) is 0.648. The van der Waals surface area contributed by atoms with Crippen molar-refractivity contribution in [1.82, 2.24) is 24.8 Å². The molecular weight excluding hydrogens is 470 g/mol. The number of ether oxygens (including phenoxy) is 1. The summed E-state index contributed by atoms with van der Waals surface area (Å²) in [5.74, 6) is -0.314. The summed E-state index contributed by atoms with van der Waals surface area (Å²) in [6, 6.07) is -0.330. The highest BCUT2D eigenvalue weighted by atomic mass is 35.5. The molecule has 0 saturated carbocycles. The molecule has 0 unspecified atom stereocenters. The van der Waals surface area contributed by atoms with Crippen LogP contribution in [0.15, 0.2) is 6.20 Å². The second-order valence-corrected chi connectivity index (χ2v) is 10.2. The predicted molar refractivity (Wildman–Crippen MR) is 120 cm³/mol. The molecular formula is C22H25ClF2N6O3. The molecule has 34 heavy (non-hydrogen) atoms. The van der Waals surface area contributed by atoms with Crippen molar-refractivity contribution in [1.29, 1.82) is 0 Å². The third-order valence-corrected chi connectivity index (χ3v) is 8.10. The second kappa shape index (κ2) is 8.01. The van der Waals surface area contributed by atoms with E-state index in [1.54, 1.807) is 0 Å². The van der Waals surface area contributed by atoms with Gasteiger partial charge in [-0.1, -0.05) is 11.6 Å². The van der Waals surface area contributed by atoms with Crippen molar-refractivity contribution in [3.8, 4) is 6.01 Å². The van der Waals surface area contributed by atoms with Gasteiger partial charge in [0.25, 0.3) is 0 Å². The van der Waals surface area contributed by atoms with Gasteiger partial charge >= 0.3 is 12.1 Å². The summed E-state index contributed by atoms with van der Waals surface area (Å²) in [7, 11) is 0. The van der Waals surface area contributed by atoms with Gasteiger partial charge < -0.3 is 14.7 Å². The Kier molecular flexibility index (Phi) is 5.18. The topological polar surface area (TPSA) is 94.9 Å². The second-order valence-electron chi connectivity index (χ2n) is 9.80. The lowest BCUT2D eigenvalue weighted by Gasteiger charge is -2.40. The fourth-order valence-corrected chi connectivity index (χ4v) is 6.48. The van der Waals surface area contributed by atoms with Gasteiger partial charge in [0.2, 0.25) is 0 Å². The van der Waals surface area contributed by atoms with Crippen molar-refractivity contribution >= 4 is 34.4 Å². The van der Waals surface area contributed by atoms with Crippen LogP contribution in [0.25, 0.3) is 10.9 Å². The highest BCUT2D eigenvalue weighted by molar-refractivity contribution is 6.30. The summed E-state index contributed by atoms with van der Waals surface area (Å²) in [6.45, 7) is 2.32. The number of hydrogen-bond acceptors (Lipinski definition) is 7. The number of pyridine rings is 1. The van der Waals surface area contributed by atoms with Gasteiger partial charge in [-0.3, -0.25) is 9.80 Å². The number of carbonyl (C=O) groups is 1. The first-order valence-corrected chi connectivity index (χ1v) is 12.0. The number of nitrogens with zero attached hydrogens (tertiary/aromatic N) is 6. The first kappa shape index (κ1) is 22.0. The van der Waals surface area contributed by atoms with Gasteiger partial charge in [0.05, 0.1) is 23.0 Å². The van der Waals surface area contributed by atoms with Crippen molar-refractivity contribution in [2.24, 2.45) is 0 Å². The van der Waals surface area contributed by atoms with Crippen LogP contribution in [-0.4, -0.2) is 92.5 Å². The van der Waals surface area contributed by atoms with Gasteiger partial charge in [-0.15, -0.1) is 0 Å². The molecule has 0 radical (unpaired) electrons. The predicted octanol–water partition coefficient (Wildman–Crippen LogP) is 3.10. The van der Waals surface area contributed by atoms with E-state index in [1.165, 1.54) is 11.1 Å². The third kappa shape index (κ3) is 3.43. The Morgan fingerprint density at radius 1 is 1.26 bits per heavy atom. The lowest BCUT2D eigenvalue weighted by atomic mass is 9.95. The molecule has 4 fully saturated rings. The largest absolute Gasteiger partial charge is 0.465 e. The van der Waals surface area contributed by atoms with Crippen molar-refractivity contribution in [2.75, 3.05) is 37.7 Å². The van der Waals surface area contributed by atoms with E-state index in [4.69, 9.17) is 16.3 Å². The molecule has 1 amide bonds. The number of alkyl halides is 1. The normalized spacial score (nSPS) is 30.9. The monoisotopic (exact) mass is 494 g/mol. The number of hydrogen-bond donors (Lipinski definition) is 1. The molecule has 4 atom stereocenters. The molecule has 2 aromatic rings. The van der Waals surface area contributed by atoms with E-state index in [0.717, 1.165) is 32.2 Å².